The summed E-state index contributed by atoms with van der Waals surface area (Å²) in [4.78, 5) is 27.6. The summed E-state index contributed by atoms with van der Waals surface area (Å²) in [6, 6.07) is 7.35. The van der Waals surface area contributed by atoms with Crippen molar-refractivity contribution in [2.45, 2.75) is 11.3 Å². The molecule has 1 N–H and O–H groups in total. The first-order chi connectivity index (χ1) is 12.7. The van der Waals surface area contributed by atoms with Crippen LogP contribution >= 0.6 is 35.7 Å². The summed E-state index contributed by atoms with van der Waals surface area (Å²) in [5.74, 6) is -2.18. The normalized spacial score (nSPS) is 19.7. The van der Waals surface area contributed by atoms with Crippen molar-refractivity contribution in [1.82, 2.24) is 4.90 Å². The number of hydrogen-bond acceptors (Lipinski definition) is 9. The molecule has 0 bridgehead atoms. The first-order valence-corrected chi connectivity index (χ1v) is 11.3. The molecule has 0 saturated carbocycles. The van der Waals surface area contributed by atoms with Crippen molar-refractivity contribution in [2.75, 3.05) is 23.7 Å². The van der Waals surface area contributed by atoms with Crippen molar-refractivity contribution in [1.29, 1.82) is 0 Å². The number of anilines is 1. The predicted octanol–water partition coefficient (Wildman–Crippen LogP) is 1.65. The highest BCUT2D eigenvalue weighted by molar-refractivity contribution is 8.27. The van der Waals surface area contributed by atoms with Gasteiger partial charge in [0.05, 0.1) is 15.8 Å². The summed E-state index contributed by atoms with van der Waals surface area (Å²) in [5, 5.41) is 9.53. The number of rotatable bonds is 6. The summed E-state index contributed by atoms with van der Waals surface area (Å²) in [7, 11) is -4.34. The average molecular weight is 446 g/mol. The molecule has 144 valence electrons. The number of hydrogen-bond donors (Lipinski definition) is 1. The largest absolute Gasteiger partial charge is 0.748 e. The van der Waals surface area contributed by atoms with E-state index in [1.54, 1.807) is 4.90 Å². The standard InChI is InChI=1S/C15H14N2O6S4/c18-11(19)8-17-13(20)12(26-15(17)24)14-16(6-3-7-27(21,22)23)9-4-1-2-5-10(9)25-14/h1-2,4-5H,3,6-8H2,(H,18,19)(H,21,22,23)/p-1/b14-12-. The number of fused-ring (bicyclic) bond motifs is 1. The van der Waals surface area contributed by atoms with E-state index in [2.05, 4.69) is 0 Å². The minimum atomic E-state index is -4.34. The van der Waals surface area contributed by atoms with Crippen molar-refractivity contribution in [2.24, 2.45) is 0 Å². The second-order valence-corrected chi connectivity index (χ2v) is 9.82. The van der Waals surface area contributed by atoms with E-state index in [0.717, 1.165) is 27.2 Å². The molecule has 8 nitrogen and oxygen atoms in total. The smallest absolute Gasteiger partial charge is 0.323 e. The third-order valence-corrected chi connectivity index (χ3v) is 7.26. The molecule has 0 aromatic heterocycles. The van der Waals surface area contributed by atoms with Crippen LogP contribution in [-0.2, 0) is 19.7 Å². The summed E-state index contributed by atoms with van der Waals surface area (Å²) < 4.78 is 32.9. The van der Waals surface area contributed by atoms with Crippen LogP contribution < -0.4 is 4.90 Å². The third-order valence-electron chi connectivity index (χ3n) is 3.72. The molecule has 0 unspecified atom stereocenters. The lowest BCUT2D eigenvalue weighted by Crippen LogP contribution is -2.34. The Balaban J connectivity index is 1.93. The van der Waals surface area contributed by atoms with E-state index in [1.807, 2.05) is 24.3 Å². The molecule has 12 heteroatoms. The van der Waals surface area contributed by atoms with Crippen LogP contribution in [0.15, 0.2) is 39.1 Å². The van der Waals surface area contributed by atoms with Crippen molar-refractivity contribution >= 4 is 67.7 Å². The van der Waals surface area contributed by atoms with Gasteiger partial charge in [0.1, 0.15) is 20.8 Å². The number of benzene rings is 1. The summed E-state index contributed by atoms with van der Waals surface area (Å²) in [6.07, 6.45) is 0.0969. The highest BCUT2D eigenvalue weighted by Crippen LogP contribution is 2.50. The number of carboxylic acid groups (broad SMARTS) is 1. The molecule has 1 fully saturated rings. The van der Waals surface area contributed by atoms with Crippen LogP contribution in [0.5, 0.6) is 0 Å². The van der Waals surface area contributed by atoms with Crippen LogP contribution in [0.3, 0.4) is 0 Å². The monoisotopic (exact) mass is 445 g/mol. The Morgan fingerprint density at radius 2 is 1.93 bits per heavy atom. The Labute approximate surface area is 169 Å². The summed E-state index contributed by atoms with van der Waals surface area (Å²) in [6.45, 7) is -0.294. The predicted molar refractivity (Wildman–Crippen MR) is 105 cm³/mol. The van der Waals surface area contributed by atoms with E-state index in [1.165, 1.54) is 11.8 Å². The zero-order valence-corrected chi connectivity index (χ0v) is 16.9. The number of thiocarbonyl (C=S) groups is 1. The topological polar surface area (TPSA) is 118 Å². The van der Waals surface area contributed by atoms with Gasteiger partial charge in [-0.1, -0.05) is 47.9 Å². The molecule has 1 saturated heterocycles. The van der Waals surface area contributed by atoms with Gasteiger partial charge in [-0.3, -0.25) is 14.5 Å². The Morgan fingerprint density at radius 1 is 1.22 bits per heavy atom. The lowest BCUT2D eigenvalue weighted by molar-refractivity contribution is -0.140. The molecule has 0 aliphatic carbocycles. The zero-order valence-electron chi connectivity index (χ0n) is 13.7. The third kappa shape index (κ3) is 4.46. The van der Waals surface area contributed by atoms with Gasteiger partial charge in [0.2, 0.25) is 0 Å². The van der Waals surface area contributed by atoms with E-state index in [-0.39, 0.29) is 17.3 Å². The van der Waals surface area contributed by atoms with E-state index in [4.69, 9.17) is 17.3 Å². The maximum absolute atomic E-state index is 12.7. The van der Waals surface area contributed by atoms with Crippen LogP contribution in [0.2, 0.25) is 0 Å². The molecule has 2 heterocycles. The molecular formula is C15H13N2O6S4-. The summed E-state index contributed by atoms with van der Waals surface area (Å²) >= 11 is 7.48. The Hall–Kier alpha value is -1.60. The maximum Gasteiger partial charge on any atom is 0.323 e. The van der Waals surface area contributed by atoms with Crippen LogP contribution in [0.1, 0.15) is 6.42 Å². The molecule has 1 aromatic carbocycles. The SMILES string of the molecule is O=C(O)CN1C(=O)/C(=C2/Sc3ccccc3N2CCCS(=O)(=O)[O-])SC1=S. The minimum absolute atomic E-state index is 0.0969. The van der Waals surface area contributed by atoms with E-state index in [0.29, 0.717) is 9.93 Å². The lowest BCUT2D eigenvalue weighted by Gasteiger charge is -2.21. The Kier molecular flexibility index (Phi) is 5.82. The van der Waals surface area contributed by atoms with Gasteiger partial charge >= 0.3 is 5.97 Å². The van der Waals surface area contributed by atoms with Crippen molar-refractivity contribution in [3.05, 3.63) is 34.2 Å². The lowest BCUT2D eigenvalue weighted by atomic mass is 10.3. The number of para-hydroxylation sites is 1. The number of aliphatic carboxylic acids is 1. The van der Waals surface area contributed by atoms with E-state index < -0.39 is 34.3 Å². The molecule has 1 amide bonds. The van der Waals surface area contributed by atoms with Gasteiger partial charge in [0, 0.05) is 17.2 Å². The molecule has 27 heavy (non-hydrogen) atoms. The van der Waals surface area contributed by atoms with Crippen molar-refractivity contribution < 1.29 is 27.7 Å². The fraction of sp³-hybridized carbons (Fsp3) is 0.267. The van der Waals surface area contributed by atoms with Crippen molar-refractivity contribution in [3.63, 3.8) is 0 Å². The number of carbonyl (C=O) groups is 2. The number of amides is 1. The number of carbonyl (C=O) groups excluding carboxylic acids is 1. The van der Waals surface area contributed by atoms with Crippen LogP contribution in [0.25, 0.3) is 0 Å². The minimum Gasteiger partial charge on any atom is -0.748 e. The van der Waals surface area contributed by atoms with Gasteiger partial charge in [0.25, 0.3) is 5.91 Å². The fourth-order valence-corrected chi connectivity index (χ4v) is 5.70. The molecule has 2 aliphatic heterocycles. The first kappa shape index (κ1) is 20.1. The van der Waals surface area contributed by atoms with Gasteiger partial charge in [-0.05, 0) is 18.6 Å². The number of thioether (sulfide) groups is 2. The van der Waals surface area contributed by atoms with Crippen LogP contribution in [0, 0.1) is 0 Å². The van der Waals surface area contributed by atoms with Gasteiger partial charge in [-0.25, -0.2) is 8.42 Å². The molecule has 1 aromatic rings. The van der Waals surface area contributed by atoms with Gasteiger partial charge in [-0.2, -0.15) is 0 Å². The first-order valence-electron chi connectivity index (χ1n) is 7.65. The summed E-state index contributed by atoms with van der Waals surface area (Å²) in [5.41, 5.74) is 0.796. The van der Waals surface area contributed by atoms with E-state index >= 15 is 0 Å². The Morgan fingerprint density at radius 3 is 2.59 bits per heavy atom. The highest BCUT2D eigenvalue weighted by Gasteiger charge is 2.39. The van der Waals surface area contributed by atoms with E-state index in [9.17, 15) is 22.6 Å². The highest BCUT2D eigenvalue weighted by atomic mass is 32.2. The zero-order chi connectivity index (χ0) is 19.8. The molecule has 0 atom stereocenters. The van der Waals surface area contributed by atoms with Crippen LogP contribution in [0.4, 0.5) is 5.69 Å². The fourth-order valence-electron chi connectivity index (χ4n) is 2.62. The number of carboxylic acids is 1. The number of nitrogens with zero attached hydrogens (tertiary/aromatic N) is 2. The van der Waals surface area contributed by atoms with Gasteiger partial charge < -0.3 is 14.6 Å². The molecular weight excluding hydrogens is 432 g/mol. The second-order valence-electron chi connectivity index (χ2n) is 5.62. The van der Waals surface area contributed by atoms with Gasteiger partial charge in [-0.15, -0.1) is 0 Å². The molecule has 2 aliphatic rings. The average Bonchev–Trinajstić information content (AvgIpc) is 3.06. The second kappa shape index (κ2) is 7.80. The van der Waals surface area contributed by atoms with Gasteiger partial charge in [0.15, 0.2) is 0 Å². The molecule has 3 rings (SSSR count). The quantitative estimate of drug-likeness (QED) is 0.393. The maximum atomic E-state index is 12.7. The van der Waals surface area contributed by atoms with Crippen molar-refractivity contribution in [3.8, 4) is 0 Å². The Bertz CT molecular complexity index is 959. The van der Waals surface area contributed by atoms with Crippen LogP contribution in [-0.4, -0.2) is 58.0 Å². The molecule has 0 spiro atoms. The molecule has 0 radical (unpaired) electrons.